The number of nitrogens with zero attached hydrogens (tertiary/aromatic N) is 3. The van der Waals surface area contributed by atoms with Crippen molar-refractivity contribution in [3.63, 3.8) is 0 Å². The van der Waals surface area contributed by atoms with E-state index in [2.05, 4.69) is 25.7 Å². The number of benzene rings is 1. The number of carbonyl (C=O) groups is 1. The fourth-order valence-electron chi connectivity index (χ4n) is 5.70. The van der Waals surface area contributed by atoms with E-state index in [4.69, 9.17) is 7.48 Å². The van der Waals surface area contributed by atoms with Gasteiger partial charge in [-0.3, -0.25) is 4.79 Å². The van der Waals surface area contributed by atoms with Crippen molar-refractivity contribution in [3.8, 4) is 11.3 Å². The third-order valence-electron chi connectivity index (χ3n) is 7.69. The lowest BCUT2D eigenvalue weighted by atomic mass is 10.00. The van der Waals surface area contributed by atoms with Gasteiger partial charge in [0, 0.05) is 58.8 Å². The molecule has 1 unspecified atom stereocenters. The molecular formula is C27H35N5O2. The van der Waals surface area contributed by atoms with Crippen LogP contribution in [0.25, 0.3) is 11.3 Å². The summed E-state index contributed by atoms with van der Waals surface area (Å²) < 4.78 is 23.0. The molecule has 2 aliphatic carbocycles. The predicted octanol–water partition coefficient (Wildman–Crippen LogP) is 3.58. The molecule has 4 aliphatic rings. The van der Waals surface area contributed by atoms with Gasteiger partial charge < -0.3 is 20.3 Å². The number of carbonyl (C=O) groups excluding carboxylic acids is 1. The molecular weight excluding hydrogens is 426 g/mol. The van der Waals surface area contributed by atoms with E-state index in [1.54, 1.807) is 0 Å². The van der Waals surface area contributed by atoms with Crippen molar-refractivity contribution in [2.75, 3.05) is 38.1 Å². The predicted molar refractivity (Wildman–Crippen MR) is 132 cm³/mol. The van der Waals surface area contributed by atoms with E-state index < -0.39 is 6.50 Å². The summed E-state index contributed by atoms with van der Waals surface area (Å²) in [7, 11) is 0. The van der Waals surface area contributed by atoms with Gasteiger partial charge in [-0.05, 0) is 80.5 Å². The zero-order valence-corrected chi connectivity index (χ0v) is 19.6. The highest BCUT2D eigenvalue weighted by atomic mass is 16.5. The van der Waals surface area contributed by atoms with Gasteiger partial charge >= 0.3 is 0 Å². The summed E-state index contributed by atoms with van der Waals surface area (Å²) in [6, 6.07) is 12.1. The number of aromatic nitrogens is 2. The van der Waals surface area contributed by atoms with Crippen LogP contribution in [0.3, 0.4) is 0 Å². The number of hydrogen-bond donors (Lipinski definition) is 2. The molecule has 180 valence electrons. The zero-order chi connectivity index (χ0) is 24.7. The lowest BCUT2D eigenvalue weighted by Crippen LogP contribution is -2.32. The maximum atomic E-state index is 12.4. The number of amides is 1. The Bertz CT molecular complexity index is 1070. The molecule has 1 aromatic heterocycles. The fraction of sp³-hybridized carbons (Fsp3) is 0.593. The van der Waals surface area contributed by atoms with Crippen LogP contribution in [0.4, 0.5) is 5.82 Å². The van der Waals surface area contributed by atoms with Gasteiger partial charge in [-0.25, -0.2) is 0 Å². The molecule has 1 aromatic carbocycles. The smallest absolute Gasteiger partial charge is 0.251 e. The average Bonchev–Trinajstić information content (AvgIpc) is 3.50. The Hall–Kier alpha value is -2.51. The van der Waals surface area contributed by atoms with Gasteiger partial charge in [-0.1, -0.05) is 12.1 Å². The SMILES string of the molecule is [2H]C([2H])(C1CCOCC1)N1C[C@H]2CC(Nc3ccc(-c4cccc(C(=O)NC5CC5)c4)nn3)C[C@H]2C1. The van der Waals surface area contributed by atoms with E-state index in [0.717, 1.165) is 68.7 Å². The Labute approximate surface area is 204 Å². The molecule has 2 saturated heterocycles. The van der Waals surface area contributed by atoms with Crippen molar-refractivity contribution in [1.82, 2.24) is 20.4 Å². The van der Waals surface area contributed by atoms with E-state index in [1.165, 1.54) is 0 Å². The van der Waals surface area contributed by atoms with E-state index in [-0.39, 0.29) is 11.8 Å². The minimum Gasteiger partial charge on any atom is -0.381 e. The second kappa shape index (κ2) is 9.62. The van der Waals surface area contributed by atoms with Crippen LogP contribution in [-0.4, -0.2) is 65.9 Å². The number of hydrogen-bond acceptors (Lipinski definition) is 6. The van der Waals surface area contributed by atoms with Crippen LogP contribution in [0, 0.1) is 17.8 Å². The van der Waals surface area contributed by atoms with Crippen molar-refractivity contribution in [2.24, 2.45) is 17.8 Å². The molecule has 0 spiro atoms. The number of fused-ring (bicyclic) bond motifs is 1. The normalized spacial score (nSPS) is 28.8. The quantitative estimate of drug-likeness (QED) is 0.653. The molecule has 3 atom stereocenters. The molecule has 3 heterocycles. The van der Waals surface area contributed by atoms with Crippen LogP contribution in [0.15, 0.2) is 36.4 Å². The Balaban J connectivity index is 1.03. The molecule has 0 radical (unpaired) electrons. The number of ether oxygens (including phenoxy) is 1. The van der Waals surface area contributed by atoms with E-state index >= 15 is 0 Å². The molecule has 2 N–H and O–H groups in total. The maximum absolute atomic E-state index is 12.4. The lowest BCUT2D eigenvalue weighted by Gasteiger charge is -2.27. The topological polar surface area (TPSA) is 79.4 Å². The molecule has 0 bridgehead atoms. The molecule has 4 fully saturated rings. The van der Waals surface area contributed by atoms with Crippen LogP contribution < -0.4 is 10.6 Å². The summed E-state index contributed by atoms with van der Waals surface area (Å²) in [6.07, 6.45) is 5.83. The standard InChI is InChI=1S/C27H35N5O2/c33-27(29-23-4-5-23)20-3-1-2-19(12-20)25-6-7-26(31-30-25)28-24-13-21-16-32(17-22(21)14-24)15-18-8-10-34-11-9-18/h1-3,6-7,12,18,21-24H,4-5,8-11,13-17H2,(H,28,31)(H,29,33)/t21-,22+,24?/i15D2. The molecule has 7 nitrogen and oxygen atoms in total. The summed E-state index contributed by atoms with van der Waals surface area (Å²) in [5.74, 6) is 1.85. The van der Waals surface area contributed by atoms with Gasteiger partial charge in [-0.2, -0.15) is 0 Å². The van der Waals surface area contributed by atoms with Gasteiger partial charge in [0.1, 0.15) is 5.82 Å². The molecule has 2 aliphatic heterocycles. The zero-order valence-electron chi connectivity index (χ0n) is 21.6. The number of anilines is 1. The van der Waals surface area contributed by atoms with Crippen molar-refractivity contribution in [2.45, 2.75) is 50.6 Å². The number of nitrogens with one attached hydrogen (secondary N) is 2. The first-order chi connectivity index (χ1) is 17.5. The summed E-state index contributed by atoms with van der Waals surface area (Å²) in [5.41, 5.74) is 2.28. The molecule has 6 rings (SSSR count). The minimum absolute atomic E-state index is 0.0308. The Kier molecular flexibility index (Phi) is 5.59. The van der Waals surface area contributed by atoms with E-state index in [9.17, 15) is 4.79 Å². The van der Waals surface area contributed by atoms with Crippen molar-refractivity contribution in [3.05, 3.63) is 42.0 Å². The van der Waals surface area contributed by atoms with Crippen LogP contribution in [0.2, 0.25) is 0 Å². The third-order valence-corrected chi connectivity index (χ3v) is 7.69. The van der Waals surface area contributed by atoms with E-state index in [0.29, 0.717) is 42.7 Å². The summed E-state index contributed by atoms with van der Waals surface area (Å²) in [4.78, 5) is 14.5. The first-order valence-corrected chi connectivity index (χ1v) is 12.8. The molecule has 2 saturated carbocycles. The van der Waals surface area contributed by atoms with Crippen molar-refractivity contribution in [1.29, 1.82) is 0 Å². The number of rotatable bonds is 7. The molecule has 2 aromatic rings. The third kappa shape index (κ3) is 5.10. The highest BCUT2D eigenvalue weighted by Gasteiger charge is 2.41. The van der Waals surface area contributed by atoms with Gasteiger partial charge in [0.05, 0.1) is 5.69 Å². The highest BCUT2D eigenvalue weighted by molar-refractivity contribution is 5.95. The lowest BCUT2D eigenvalue weighted by molar-refractivity contribution is 0.0545. The van der Waals surface area contributed by atoms with Gasteiger partial charge in [0.25, 0.3) is 5.91 Å². The second-order valence-corrected chi connectivity index (χ2v) is 10.4. The highest BCUT2D eigenvalue weighted by Crippen LogP contribution is 2.39. The largest absolute Gasteiger partial charge is 0.381 e. The molecule has 1 amide bonds. The average molecular weight is 464 g/mol. The summed E-state index contributed by atoms with van der Waals surface area (Å²) >= 11 is 0. The fourth-order valence-corrected chi connectivity index (χ4v) is 5.70. The summed E-state index contributed by atoms with van der Waals surface area (Å²) in [5, 5.41) is 15.4. The Morgan fingerprint density at radius 2 is 1.82 bits per heavy atom. The monoisotopic (exact) mass is 463 g/mol. The first-order valence-electron chi connectivity index (χ1n) is 13.8. The Morgan fingerprint density at radius 3 is 2.53 bits per heavy atom. The van der Waals surface area contributed by atoms with Crippen LogP contribution in [0.5, 0.6) is 0 Å². The number of likely N-dealkylation sites (tertiary alicyclic amines) is 1. The minimum atomic E-state index is -1.24. The molecule has 7 heteroatoms. The second-order valence-electron chi connectivity index (χ2n) is 10.4. The maximum Gasteiger partial charge on any atom is 0.251 e. The van der Waals surface area contributed by atoms with Crippen LogP contribution in [-0.2, 0) is 4.74 Å². The Morgan fingerprint density at radius 1 is 1.03 bits per heavy atom. The van der Waals surface area contributed by atoms with E-state index in [1.807, 2.05) is 36.4 Å². The van der Waals surface area contributed by atoms with Gasteiger partial charge in [0.2, 0.25) is 0 Å². The van der Waals surface area contributed by atoms with Crippen LogP contribution in [0.1, 0.15) is 51.6 Å². The van der Waals surface area contributed by atoms with Gasteiger partial charge in [0.15, 0.2) is 0 Å². The van der Waals surface area contributed by atoms with Crippen molar-refractivity contribution >= 4 is 11.7 Å². The first kappa shape index (κ1) is 19.8. The summed E-state index contributed by atoms with van der Waals surface area (Å²) in [6.45, 7) is 1.79. The molecule has 34 heavy (non-hydrogen) atoms. The van der Waals surface area contributed by atoms with Crippen molar-refractivity contribution < 1.29 is 12.3 Å². The van der Waals surface area contributed by atoms with Crippen LogP contribution >= 0.6 is 0 Å². The van der Waals surface area contributed by atoms with Gasteiger partial charge in [-0.15, -0.1) is 10.2 Å².